The smallest absolute Gasteiger partial charge is 0.323 e. The van der Waals surface area contributed by atoms with Crippen LogP contribution in [0.1, 0.15) is 0 Å². The number of hydrogen-bond donors (Lipinski definition) is 1. The van der Waals surface area contributed by atoms with Gasteiger partial charge in [-0.1, -0.05) is 0 Å². The molecule has 0 unspecified atom stereocenters. The molecule has 0 radical (unpaired) electrons. The van der Waals surface area contributed by atoms with Gasteiger partial charge in [0.05, 0.1) is 12.0 Å². The van der Waals surface area contributed by atoms with Gasteiger partial charge in [-0.05, 0) is 6.07 Å². The van der Waals surface area contributed by atoms with E-state index < -0.39 is 5.97 Å². The maximum atomic E-state index is 10.5. The highest BCUT2D eigenvalue weighted by atomic mass is 32.1. The SMILES string of the molecule is O=C(CS)Oc1ccco1. The van der Waals surface area contributed by atoms with Crippen molar-refractivity contribution in [2.45, 2.75) is 0 Å². The highest BCUT2D eigenvalue weighted by Gasteiger charge is 2.01. The van der Waals surface area contributed by atoms with Crippen LogP contribution in [0.25, 0.3) is 0 Å². The van der Waals surface area contributed by atoms with E-state index in [9.17, 15) is 4.79 Å². The molecule has 0 saturated carbocycles. The van der Waals surface area contributed by atoms with Gasteiger partial charge in [0.15, 0.2) is 0 Å². The van der Waals surface area contributed by atoms with Crippen LogP contribution in [0.3, 0.4) is 0 Å². The lowest BCUT2D eigenvalue weighted by molar-refractivity contribution is -0.132. The molecule has 0 aliphatic carbocycles. The zero-order valence-electron chi connectivity index (χ0n) is 5.11. The first kappa shape index (κ1) is 7.21. The van der Waals surface area contributed by atoms with Crippen molar-refractivity contribution in [2.24, 2.45) is 0 Å². The molecule has 0 spiro atoms. The molecule has 1 aromatic heterocycles. The third-order valence-corrected chi connectivity index (χ3v) is 1.10. The summed E-state index contributed by atoms with van der Waals surface area (Å²) in [6, 6.07) is 3.20. The van der Waals surface area contributed by atoms with E-state index in [1.54, 1.807) is 12.1 Å². The van der Waals surface area contributed by atoms with Gasteiger partial charge >= 0.3 is 5.97 Å². The van der Waals surface area contributed by atoms with Gasteiger partial charge in [0.2, 0.25) is 0 Å². The van der Waals surface area contributed by atoms with Gasteiger partial charge in [-0.15, -0.1) is 0 Å². The molecule has 0 aliphatic heterocycles. The number of ether oxygens (including phenoxy) is 1. The van der Waals surface area contributed by atoms with Gasteiger partial charge in [0.25, 0.3) is 5.95 Å². The molecule has 10 heavy (non-hydrogen) atoms. The zero-order chi connectivity index (χ0) is 7.40. The number of thiol groups is 1. The quantitative estimate of drug-likeness (QED) is 0.517. The van der Waals surface area contributed by atoms with Crippen molar-refractivity contribution >= 4 is 18.6 Å². The monoisotopic (exact) mass is 158 g/mol. The second-order valence-corrected chi connectivity index (χ2v) is 1.88. The molecule has 1 heterocycles. The lowest BCUT2D eigenvalue weighted by Crippen LogP contribution is -2.07. The van der Waals surface area contributed by atoms with Gasteiger partial charge in [0.1, 0.15) is 0 Å². The van der Waals surface area contributed by atoms with Crippen molar-refractivity contribution in [3.05, 3.63) is 18.4 Å². The molecular weight excluding hydrogens is 152 g/mol. The summed E-state index contributed by atoms with van der Waals surface area (Å²) in [6.45, 7) is 0. The van der Waals surface area contributed by atoms with E-state index in [4.69, 9.17) is 4.42 Å². The summed E-state index contributed by atoms with van der Waals surface area (Å²) in [7, 11) is 0. The van der Waals surface area contributed by atoms with Crippen LogP contribution >= 0.6 is 12.6 Å². The molecule has 0 atom stereocenters. The first-order valence-corrected chi connectivity index (χ1v) is 3.31. The van der Waals surface area contributed by atoms with Crippen LogP contribution in [0.4, 0.5) is 0 Å². The molecule has 0 N–H and O–H groups in total. The van der Waals surface area contributed by atoms with Gasteiger partial charge in [-0.25, -0.2) is 0 Å². The Morgan fingerprint density at radius 2 is 2.60 bits per heavy atom. The van der Waals surface area contributed by atoms with Crippen molar-refractivity contribution in [3.8, 4) is 5.95 Å². The van der Waals surface area contributed by atoms with Crippen LogP contribution in [0.2, 0.25) is 0 Å². The van der Waals surface area contributed by atoms with E-state index >= 15 is 0 Å². The van der Waals surface area contributed by atoms with E-state index in [-0.39, 0.29) is 11.7 Å². The Bertz CT molecular complexity index is 205. The Kier molecular flexibility index (Phi) is 2.39. The Balaban J connectivity index is 2.48. The number of carbonyl (C=O) groups excluding carboxylic acids is 1. The lowest BCUT2D eigenvalue weighted by atomic mass is 10.6. The molecule has 0 saturated heterocycles. The normalized spacial score (nSPS) is 9.30. The first-order valence-electron chi connectivity index (χ1n) is 2.68. The summed E-state index contributed by atoms with van der Waals surface area (Å²) in [5.74, 6) is -0.155. The number of carbonyl (C=O) groups is 1. The number of hydrogen-bond acceptors (Lipinski definition) is 4. The van der Waals surface area contributed by atoms with Crippen LogP contribution in [-0.4, -0.2) is 11.7 Å². The predicted octanol–water partition coefficient (Wildman–Crippen LogP) is 1.11. The maximum absolute atomic E-state index is 10.5. The van der Waals surface area contributed by atoms with Gasteiger partial charge in [0, 0.05) is 6.07 Å². The highest BCUT2D eigenvalue weighted by molar-refractivity contribution is 7.81. The van der Waals surface area contributed by atoms with Crippen LogP contribution < -0.4 is 4.74 Å². The number of rotatable bonds is 2. The van der Waals surface area contributed by atoms with Crippen LogP contribution in [0.15, 0.2) is 22.8 Å². The summed E-state index contributed by atoms with van der Waals surface area (Å²) in [5.41, 5.74) is 0. The average Bonchev–Trinajstić information content (AvgIpc) is 2.40. The Morgan fingerprint density at radius 1 is 1.80 bits per heavy atom. The molecule has 0 fully saturated rings. The molecule has 0 bridgehead atoms. The van der Waals surface area contributed by atoms with E-state index in [1.807, 2.05) is 0 Å². The largest absolute Gasteiger partial charge is 0.434 e. The van der Waals surface area contributed by atoms with E-state index in [1.165, 1.54) is 6.26 Å². The van der Waals surface area contributed by atoms with Crippen molar-refractivity contribution in [3.63, 3.8) is 0 Å². The van der Waals surface area contributed by atoms with Gasteiger partial charge < -0.3 is 9.15 Å². The summed E-state index contributed by atoms with van der Waals surface area (Å²) in [4.78, 5) is 10.5. The molecular formula is C6H6O3S. The van der Waals surface area contributed by atoms with Crippen molar-refractivity contribution < 1.29 is 13.9 Å². The molecule has 1 aromatic rings. The molecule has 1 rings (SSSR count). The summed E-state index contributed by atoms with van der Waals surface area (Å²) in [5, 5.41) is 0. The fourth-order valence-electron chi connectivity index (χ4n) is 0.466. The van der Waals surface area contributed by atoms with E-state index in [2.05, 4.69) is 17.4 Å². The fraction of sp³-hybridized carbons (Fsp3) is 0.167. The zero-order valence-corrected chi connectivity index (χ0v) is 6.01. The third kappa shape index (κ3) is 1.80. The molecule has 3 nitrogen and oxygen atoms in total. The number of esters is 1. The van der Waals surface area contributed by atoms with E-state index in [0.29, 0.717) is 0 Å². The molecule has 0 aliphatic rings. The maximum Gasteiger partial charge on any atom is 0.323 e. The van der Waals surface area contributed by atoms with Gasteiger partial charge in [-0.2, -0.15) is 12.6 Å². The predicted molar refractivity (Wildman–Crippen MR) is 38.2 cm³/mol. The third-order valence-electron chi connectivity index (χ3n) is 0.839. The van der Waals surface area contributed by atoms with Crippen molar-refractivity contribution in [2.75, 3.05) is 5.75 Å². The molecule has 0 amide bonds. The lowest BCUT2D eigenvalue weighted by Gasteiger charge is -1.94. The highest BCUT2D eigenvalue weighted by Crippen LogP contribution is 2.09. The van der Waals surface area contributed by atoms with Crippen molar-refractivity contribution in [1.29, 1.82) is 0 Å². The van der Waals surface area contributed by atoms with Gasteiger partial charge in [-0.3, -0.25) is 4.79 Å². The van der Waals surface area contributed by atoms with Crippen LogP contribution in [-0.2, 0) is 4.79 Å². The standard InChI is InChI=1S/C6H6O3S/c7-5(4-10)9-6-2-1-3-8-6/h1-3,10H,4H2. The second-order valence-electron chi connectivity index (χ2n) is 1.56. The topological polar surface area (TPSA) is 39.4 Å². The first-order chi connectivity index (χ1) is 4.83. The Morgan fingerprint density at radius 3 is 3.10 bits per heavy atom. The minimum atomic E-state index is -0.418. The average molecular weight is 158 g/mol. The number of furan rings is 1. The summed E-state index contributed by atoms with van der Waals surface area (Å²) in [6.07, 6.45) is 1.43. The van der Waals surface area contributed by atoms with Crippen molar-refractivity contribution in [1.82, 2.24) is 0 Å². The molecule has 0 aromatic carbocycles. The minimum Gasteiger partial charge on any atom is -0.434 e. The summed E-state index contributed by atoms with van der Waals surface area (Å²) >= 11 is 3.71. The summed E-state index contributed by atoms with van der Waals surface area (Å²) < 4.78 is 9.35. The van der Waals surface area contributed by atoms with E-state index in [0.717, 1.165) is 0 Å². The second kappa shape index (κ2) is 3.31. The Labute approximate surface area is 63.4 Å². The molecule has 54 valence electrons. The van der Waals surface area contributed by atoms with Crippen LogP contribution in [0.5, 0.6) is 5.95 Å². The Hall–Kier alpha value is -0.900. The molecule has 4 heteroatoms. The van der Waals surface area contributed by atoms with Crippen LogP contribution in [0, 0.1) is 0 Å². The fourth-order valence-corrected chi connectivity index (χ4v) is 0.531. The minimum absolute atomic E-state index is 0.0562.